The van der Waals surface area contributed by atoms with E-state index in [1.54, 1.807) is 0 Å². The first kappa shape index (κ1) is 11.3. The summed E-state index contributed by atoms with van der Waals surface area (Å²) in [4.78, 5) is 10.9. The minimum Gasteiger partial charge on any atom is -0.390 e. The lowest BCUT2D eigenvalue weighted by molar-refractivity contribution is -0.123. The molecule has 82 valence electrons. The molecule has 14 heavy (non-hydrogen) atoms. The van der Waals surface area contributed by atoms with Crippen LogP contribution in [0.4, 0.5) is 8.78 Å². The number of carbonyl (C=O) groups is 1. The maximum absolute atomic E-state index is 12.4. The van der Waals surface area contributed by atoms with Crippen LogP contribution in [-0.4, -0.2) is 42.7 Å². The van der Waals surface area contributed by atoms with E-state index in [9.17, 15) is 13.6 Å². The zero-order chi connectivity index (χ0) is 10.6. The van der Waals surface area contributed by atoms with Gasteiger partial charge in [-0.05, 0) is 12.8 Å². The Bertz CT molecular complexity index is 208. The van der Waals surface area contributed by atoms with Gasteiger partial charge in [0.1, 0.15) is 6.61 Å². The number of aliphatic hydroxyl groups is 1. The molecule has 0 radical (unpaired) electrons. The van der Waals surface area contributed by atoms with Gasteiger partial charge in [0, 0.05) is 6.04 Å². The van der Waals surface area contributed by atoms with Crippen LogP contribution in [0.3, 0.4) is 0 Å². The molecule has 1 fully saturated rings. The van der Waals surface area contributed by atoms with Crippen molar-refractivity contribution in [1.82, 2.24) is 10.6 Å². The second-order valence-electron chi connectivity index (χ2n) is 3.45. The van der Waals surface area contributed by atoms with E-state index in [-0.39, 0.29) is 6.54 Å². The number of halogens is 2. The van der Waals surface area contributed by atoms with Crippen molar-refractivity contribution in [2.75, 3.05) is 19.7 Å². The SMILES string of the molecule is O=C(CNC1CC1)NCC(F)(F)CO. The second kappa shape index (κ2) is 4.65. The molecule has 0 aromatic heterocycles. The van der Waals surface area contributed by atoms with Gasteiger partial charge >= 0.3 is 0 Å². The van der Waals surface area contributed by atoms with Gasteiger partial charge in [-0.1, -0.05) is 0 Å². The first-order chi connectivity index (χ1) is 6.53. The molecule has 6 heteroatoms. The van der Waals surface area contributed by atoms with E-state index in [1.807, 2.05) is 5.32 Å². The maximum Gasteiger partial charge on any atom is 0.287 e. The fourth-order valence-corrected chi connectivity index (χ4v) is 0.871. The van der Waals surface area contributed by atoms with Crippen molar-refractivity contribution in [1.29, 1.82) is 0 Å². The van der Waals surface area contributed by atoms with Crippen LogP contribution in [0.15, 0.2) is 0 Å². The maximum atomic E-state index is 12.4. The van der Waals surface area contributed by atoms with Gasteiger partial charge in [0.05, 0.1) is 13.1 Å². The van der Waals surface area contributed by atoms with Gasteiger partial charge in [-0.3, -0.25) is 4.79 Å². The minimum atomic E-state index is -3.23. The standard InChI is InChI=1S/C8H14F2N2O2/c9-8(10,5-13)4-12-7(14)3-11-6-1-2-6/h6,11,13H,1-5H2,(H,12,14). The first-order valence-electron chi connectivity index (χ1n) is 4.52. The molecule has 3 N–H and O–H groups in total. The van der Waals surface area contributed by atoms with Crippen LogP contribution in [0.2, 0.25) is 0 Å². The lowest BCUT2D eigenvalue weighted by Gasteiger charge is -2.13. The Morgan fingerprint density at radius 3 is 2.64 bits per heavy atom. The van der Waals surface area contributed by atoms with Crippen LogP contribution < -0.4 is 10.6 Å². The average molecular weight is 208 g/mol. The van der Waals surface area contributed by atoms with Crippen LogP contribution in [0, 0.1) is 0 Å². The van der Waals surface area contributed by atoms with Gasteiger partial charge in [-0.25, -0.2) is 8.78 Å². The Morgan fingerprint density at radius 1 is 1.50 bits per heavy atom. The highest BCUT2D eigenvalue weighted by Gasteiger charge is 2.28. The Kier molecular flexibility index (Phi) is 3.77. The molecule has 0 aromatic carbocycles. The number of alkyl halides is 2. The molecule has 0 bridgehead atoms. The van der Waals surface area contributed by atoms with Crippen LogP contribution in [0.1, 0.15) is 12.8 Å². The van der Waals surface area contributed by atoms with Crippen molar-refractivity contribution >= 4 is 5.91 Å². The summed E-state index contributed by atoms with van der Waals surface area (Å²) in [5.74, 6) is -3.69. The largest absolute Gasteiger partial charge is 0.390 e. The van der Waals surface area contributed by atoms with Crippen molar-refractivity contribution in [3.8, 4) is 0 Å². The highest BCUT2D eigenvalue weighted by Crippen LogP contribution is 2.17. The predicted molar refractivity (Wildman–Crippen MR) is 46.1 cm³/mol. The summed E-state index contributed by atoms with van der Waals surface area (Å²) in [6, 6.07) is 0.374. The molecule has 4 nitrogen and oxygen atoms in total. The van der Waals surface area contributed by atoms with Gasteiger partial charge in [-0.2, -0.15) is 0 Å². The molecule has 0 atom stereocenters. The average Bonchev–Trinajstić information content (AvgIpc) is 2.95. The first-order valence-corrected chi connectivity index (χ1v) is 4.52. The van der Waals surface area contributed by atoms with Crippen LogP contribution in [0.25, 0.3) is 0 Å². The zero-order valence-electron chi connectivity index (χ0n) is 7.72. The molecular weight excluding hydrogens is 194 g/mol. The fraction of sp³-hybridized carbons (Fsp3) is 0.875. The Labute approximate surface area is 80.7 Å². The van der Waals surface area contributed by atoms with Gasteiger partial charge in [0.25, 0.3) is 5.92 Å². The third-order valence-corrected chi connectivity index (χ3v) is 1.90. The van der Waals surface area contributed by atoms with E-state index in [0.29, 0.717) is 6.04 Å². The lowest BCUT2D eigenvalue weighted by Crippen LogP contribution is -2.42. The zero-order valence-corrected chi connectivity index (χ0v) is 7.72. The third kappa shape index (κ3) is 4.48. The summed E-state index contributed by atoms with van der Waals surface area (Å²) < 4.78 is 24.9. The van der Waals surface area contributed by atoms with E-state index in [2.05, 4.69) is 5.32 Å². The summed E-state index contributed by atoms with van der Waals surface area (Å²) in [6.07, 6.45) is 2.08. The number of nitrogens with one attached hydrogen (secondary N) is 2. The van der Waals surface area contributed by atoms with Crippen LogP contribution >= 0.6 is 0 Å². The quantitative estimate of drug-likeness (QED) is 0.550. The smallest absolute Gasteiger partial charge is 0.287 e. The molecule has 0 aliphatic heterocycles. The molecule has 1 aliphatic rings. The Balaban J connectivity index is 2.07. The fourth-order valence-electron chi connectivity index (χ4n) is 0.871. The Morgan fingerprint density at radius 2 is 2.14 bits per heavy atom. The highest BCUT2D eigenvalue weighted by atomic mass is 19.3. The van der Waals surface area contributed by atoms with Gasteiger partial charge < -0.3 is 15.7 Å². The van der Waals surface area contributed by atoms with E-state index >= 15 is 0 Å². The predicted octanol–water partition coefficient (Wildman–Crippen LogP) is -0.518. The Hall–Kier alpha value is -0.750. The molecule has 0 heterocycles. The van der Waals surface area contributed by atoms with Crippen LogP contribution in [0.5, 0.6) is 0 Å². The molecule has 0 saturated heterocycles. The number of aliphatic hydroxyl groups excluding tert-OH is 1. The normalized spacial score (nSPS) is 16.8. The van der Waals surface area contributed by atoms with E-state index in [1.165, 1.54) is 0 Å². The number of hydrogen-bond acceptors (Lipinski definition) is 3. The number of rotatable bonds is 6. The van der Waals surface area contributed by atoms with E-state index < -0.39 is 25.0 Å². The lowest BCUT2D eigenvalue weighted by atomic mass is 10.3. The summed E-state index contributed by atoms with van der Waals surface area (Å²) >= 11 is 0. The summed E-state index contributed by atoms with van der Waals surface area (Å²) in [7, 11) is 0. The van der Waals surface area contributed by atoms with Gasteiger partial charge in [0.15, 0.2) is 0 Å². The minimum absolute atomic E-state index is 0.0617. The molecule has 1 saturated carbocycles. The molecular formula is C8H14F2N2O2. The molecule has 1 amide bonds. The van der Waals surface area contributed by atoms with Crippen molar-refractivity contribution in [2.24, 2.45) is 0 Å². The van der Waals surface area contributed by atoms with Gasteiger partial charge in [-0.15, -0.1) is 0 Å². The number of carbonyl (C=O) groups excluding carboxylic acids is 1. The van der Waals surface area contributed by atoms with Crippen molar-refractivity contribution < 1.29 is 18.7 Å². The van der Waals surface area contributed by atoms with E-state index in [4.69, 9.17) is 5.11 Å². The molecule has 0 aromatic rings. The van der Waals surface area contributed by atoms with E-state index in [0.717, 1.165) is 12.8 Å². The van der Waals surface area contributed by atoms with Crippen molar-refractivity contribution in [3.63, 3.8) is 0 Å². The summed E-state index contributed by atoms with van der Waals surface area (Å²) in [5, 5.41) is 13.2. The highest BCUT2D eigenvalue weighted by molar-refractivity contribution is 5.78. The molecule has 1 aliphatic carbocycles. The topological polar surface area (TPSA) is 61.4 Å². The van der Waals surface area contributed by atoms with Gasteiger partial charge in [0.2, 0.25) is 5.91 Å². The van der Waals surface area contributed by atoms with Crippen molar-refractivity contribution in [3.05, 3.63) is 0 Å². The number of hydrogen-bond donors (Lipinski definition) is 3. The van der Waals surface area contributed by atoms with Crippen LogP contribution in [-0.2, 0) is 4.79 Å². The summed E-state index contributed by atoms with van der Waals surface area (Å²) in [5.41, 5.74) is 0. The summed E-state index contributed by atoms with van der Waals surface area (Å²) in [6.45, 7) is -2.00. The molecule has 1 rings (SSSR count). The molecule has 0 unspecified atom stereocenters. The monoisotopic (exact) mass is 208 g/mol. The van der Waals surface area contributed by atoms with Crippen molar-refractivity contribution in [2.45, 2.75) is 24.8 Å². The number of amides is 1. The molecule has 0 spiro atoms. The second-order valence-corrected chi connectivity index (χ2v) is 3.45. The third-order valence-electron chi connectivity index (χ3n) is 1.90.